The molecule has 3 heteroatoms. The highest BCUT2D eigenvalue weighted by Crippen LogP contribution is 2.04. The smallest absolute Gasteiger partial charge is 0.333 e. The van der Waals surface area contributed by atoms with Crippen LogP contribution in [0.4, 0.5) is 0 Å². The van der Waals surface area contributed by atoms with Crippen LogP contribution in [-0.4, -0.2) is 26.2 Å². The van der Waals surface area contributed by atoms with Crippen molar-refractivity contribution in [3.8, 4) is 0 Å². The maximum atomic E-state index is 11.3. The van der Waals surface area contributed by atoms with E-state index >= 15 is 0 Å². The van der Waals surface area contributed by atoms with Crippen molar-refractivity contribution in [1.82, 2.24) is 5.32 Å². The van der Waals surface area contributed by atoms with Crippen molar-refractivity contribution in [2.24, 2.45) is 0 Å². The first-order valence-electron chi connectivity index (χ1n) is 4.77. The zero-order chi connectivity index (χ0) is 10.1. The lowest BCUT2D eigenvalue weighted by molar-refractivity contribution is -0.139. The predicted molar refractivity (Wildman–Crippen MR) is 53.6 cm³/mol. The highest BCUT2D eigenvalue weighted by Gasteiger charge is 2.06. The van der Waals surface area contributed by atoms with Gasteiger partial charge in [-0.25, -0.2) is 4.79 Å². The summed E-state index contributed by atoms with van der Waals surface area (Å²) in [5, 5.41) is 2.92. The number of nitrogens with one attached hydrogen (secondary N) is 1. The zero-order valence-electron chi connectivity index (χ0n) is 8.72. The van der Waals surface area contributed by atoms with Gasteiger partial charge in [0.1, 0.15) is 6.61 Å². The van der Waals surface area contributed by atoms with Crippen LogP contribution in [0, 0.1) is 0 Å². The van der Waals surface area contributed by atoms with Crippen LogP contribution in [0.1, 0.15) is 26.7 Å². The fraction of sp³-hybridized carbons (Fsp3) is 0.700. The molecule has 0 rings (SSSR count). The lowest BCUT2D eigenvalue weighted by Crippen LogP contribution is -2.18. The van der Waals surface area contributed by atoms with Gasteiger partial charge in [0, 0.05) is 12.1 Å². The molecule has 0 saturated heterocycles. The van der Waals surface area contributed by atoms with Crippen molar-refractivity contribution < 1.29 is 9.53 Å². The fourth-order valence-electron chi connectivity index (χ4n) is 0.957. The summed E-state index contributed by atoms with van der Waals surface area (Å²) in [6, 6.07) is 0. The Bertz CT molecular complexity index is 176. The van der Waals surface area contributed by atoms with E-state index in [9.17, 15) is 4.79 Å². The van der Waals surface area contributed by atoms with Gasteiger partial charge in [0.25, 0.3) is 0 Å². The topological polar surface area (TPSA) is 38.3 Å². The highest BCUT2D eigenvalue weighted by molar-refractivity contribution is 5.88. The van der Waals surface area contributed by atoms with Gasteiger partial charge in [0.2, 0.25) is 0 Å². The molecule has 0 aromatic rings. The minimum atomic E-state index is -0.181. The van der Waals surface area contributed by atoms with Crippen molar-refractivity contribution >= 4 is 5.97 Å². The van der Waals surface area contributed by atoms with Gasteiger partial charge in [-0.05, 0) is 19.9 Å². The molecule has 0 radical (unpaired) electrons. The summed E-state index contributed by atoms with van der Waals surface area (Å²) >= 11 is 0. The number of hydrogen-bond acceptors (Lipinski definition) is 3. The molecule has 0 aliphatic carbocycles. The molecule has 3 nitrogen and oxygen atoms in total. The molecular formula is C10H19NO2. The van der Waals surface area contributed by atoms with Crippen LogP contribution < -0.4 is 5.32 Å². The summed E-state index contributed by atoms with van der Waals surface area (Å²) in [5.41, 5.74) is 0.776. The van der Waals surface area contributed by atoms with E-state index in [4.69, 9.17) is 4.74 Å². The molecule has 0 atom stereocenters. The van der Waals surface area contributed by atoms with E-state index in [1.807, 2.05) is 27.0 Å². The molecule has 0 saturated carbocycles. The van der Waals surface area contributed by atoms with Gasteiger partial charge >= 0.3 is 5.97 Å². The molecule has 1 N–H and O–H groups in total. The van der Waals surface area contributed by atoms with Crippen LogP contribution in [0.25, 0.3) is 0 Å². The van der Waals surface area contributed by atoms with Crippen molar-refractivity contribution in [2.45, 2.75) is 26.7 Å². The first-order chi connectivity index (χ1) is 6.26. The largest absolute Gasteiger partial charge is 0.461 e. The standard InChI is InChI=1S/C10H19NO2/c1-4-6-9(5-2)10(12)13-8-7-11-3/h6,11H,4-5,7-8H2,1-3H3. The molecule has 76 valence electrons. The molecule has 0 spiro atoms. The minimum absolute atomic E-state index is 0.181. The monoisotopic (exact) mass is 185 g/mol. The lowest BCUT2D eigenvalue weighted by atomic mass is 10.2. The van der Waals surface area contributed by atoms with Crippen molar-refractivity contribution in [1.29, 1.82) is 0 Å². The van der Waals surface area contributed by atoms with Crippen LogP contribution in [0.2, 0.25) is 0 Å². The van der Waals surface area contributed by atoms with Crippen LogP contribution in [0.3, 0.4) is 0 Å². The molecule has 0 bridgehead atoms. The molecule has 0 aliphatic rings. The second-order valence-corrected chi connectivity index (χ2v) is 2.73. The normalized spacial score (nSPS) is 11.5. The molecule has 0 fully saturated rings. The summed E-state index contributed by atoms with van der Waals surface area (Å²) in [6.07, 6.45) is 3.54. The third kappa shape index (κ3) is 5.42. The quantitative estimate of drug-likeness (QED) is 0.387. The molecule has 13 heavy (non-hydrogen) atoms. The van der Waals surface area contributed by atoms with Crippen molar-refractivity contribution in [3.05, 3.63) is 11.6 Å². The zero-order valence-corrected chi connectivity index (χ0v) is 8.72. The highest BCUT2D eigenvalue weighted by atomic mass is 16.5. The second kappa shape index (κ2) is 7.80. The fourth-order valence-corrected chi connectivity index (χ4v) is 0.957. The average molecular weight is 185 g/mol. The summed E-state index contributed by atoms with van der Waals surface area (Å²) in [5.74, 6) is -0.181. The van der Waals surface area contributed by atoms with Gasteiger partial charge in [-0.1, -0.05) is 19.9 Å². The van der Waals surface area contributed by atoms with E-state index in [1.165, 1.54) is 0 Å². The molecule has 0 aromatic carbocycles. The number of rotatable bonds is 6. The number of hydrogen-bond donors (Lipinski definition) is 1. The number of carbonyl (C=O) groups is 1. The number of carbonyl (C=O) groups excluding carboxylic acids is 1. The molecule has 0 heterocycles. The number of esters is 1. The third-order valence-electron chi connectivity index (χ3n) is 1.68. The van der Waals surface area contributed by atoms with Gasteiger partial charge in [0.15, 0.2) is 0 Å². The predicted octanol–water partition coefficient (Wildman–Crippen LogP) is 1.50. The molecule has 0 unspecified atom stereocenters. The minimum Gasteiger partial charge on any atom is -0.461 e. The van der Waals surface area contributed by atoms with Crippen LogP contribution >= 0.6 is 0 Å². The van der Waals surface area contributed by atoms with Gasteiger partial charge < -0.3 is 10.1 Å². The molecular weight excluding hydrogens is 166 g/mol. The van der Waals surface area contributed by atoms with E-state index in [2.05, 4.69) is 5.32 Å². The van der Waals surface area contributed by atoms with E-state index in [-0.39, 0.29) is 5.97 Å². The summed E-state index contributed by atoms with van der Waals surface area (Å²) < 4.78 is 5.02. The first-order valence-corrected chi connectivity index (χ1v) is 4.77. The maximum absolute atomic E-state index is 11.3. The van der Waals surface area contributed by atoms with Crippen molar-refractivity contribution in [3.63, 3.8) is 0 Å². The Morgan fingerprint density at radius 1 is 1.46 bits per heavy atom. The van der Waals surface area contributed by atoms with Crippen molar-refractivity contribution in [2.75, 3.05) is 20.2 Å². The maximum Gasteiger partial charge on any atom is 0.333 e. The van der Waals surface area contributed by atoms with Crippen LogP contribution in [0.15, 0.2) is 11.6 Å². The SMILES string of the molecule is CCC=C(CC)C(=O)OCCNC. The molecule has 0 aromatic heterocycles. The summed E-state index contributed by atoms with van der Waals surface area (Å²) in [4.78, 5) is 11.3. The molecule has 0 amide bonds. The van der Waals surface area contributed by atoms with Gasteiger partial charge in [-0.2, -0.15) is 0 Å². The summed E-state index contributed by atoms with van der Waals surface area (Å²) in [7, 11) is 1.83. The Morgan fingerprint density at radius 3 is 2.62 bits per heavy atom. The van der Waals surface area contributed by atoms with Gasteiger partial charge in [-0.3, -0.25) is 0 Å². The third-order valence-corrected chi connectivity index (χ3v) is 1.68. The van der Waals surface area contributed by atoms with Crippen LogP contribution in [0.5, 0.6) is 0 Å². The van der Waals surface area contributed by atoms with E-state index in [1.54, 1.807) is 0 Å². The van der Waals surface area contributed by atoms with Gasteiger partial charge in [0.05, 0.1) is 0 Å². The lowest BCUT2D eigenvalue weighted by Gasteiger charge is -2.05. The Labute approximate surface area is 80.2 Å². The van der Waals surface area contributed by atoms with E-state index in [0.717, 1.165) is 18.4 Å². The second-order valence-electron chi connectivity index (χ2n) is 2.73. The Kier molecular flexibility index (Phi) is 7.30. The Hall–Kier alpha value is -0.830. The van der Waals surface area contributed by atoms with E-state index in [0.29, 0.717) is 13.2 Å². The average Bonchev–Trinajstić information content (AvgIpc) is 2.14. The first kappa shape index (κ1) is 12.2. The Balaban J connectivity index is 3.85. The number of ether oxygens (including phenoxy) is 1. The van der Waals surface area contributed by atoms with E-state index < -0.39 is 0 Å². The van der Waals surface area contributed by atoms with Crippen LogP contribution in [-0.2, 0) is 9.53 Å². The molecule has 0 aliphatic heterocycles. The van der Waals surface area contributed by atoms with Gasteiger partial charge in [-0.15, -0.1) is 0 Å². The summed E-state index contributed by atoms with van der Waals surface area (Å²) in [6.45, 7) is 5.11. The number of allylic oxidation sites excluding steroid dienone is 1. The Morgan fingerprint density at radius 2 is 2.15 bits per heavy atom. The number of likely N-dealkylation sites (N-methyl/N-ethyl adjacent to an activating group) is 1.